The highest BCUT2D eigenvalue weighted by molar-refractivity contribution is 9.10. The molecular weight excluding hydrogens is 597 g/mol. The quantitative estimate of drug-likeness (QED) is 0.318. The van der Waals surface area contributed by atoms with Crippen molar-refractivity contribution >= 4 is 43.5 Å². The zero-order chi connectivity index (χ0) is 28.9. The van der Waals surface area contributed by atoms with Crippen molar-refractivity contribution in [1.29, 1.82) is 0 Å². The van der Waals surface area contributed by atoms with Crippen LogP contribution in [0.2, 0.25) is 0 Å². The molecule has 0 spiro atoms. The van der Waals surface area contributed by atoms with Crippen molar-refractivity contribution < 1.29 is 22.4 Å². The number of benzene rings is 3. The van der Waals surface area contributed by atoms with Gasteiger partial charge in [-0.25, -0.2) is 12.8 Å². The largest absolute Gasteiger partial charge is 0.352 e. The first-order chi connectivity index (χ1) is 19.0. The van der Waals surface area contributed by atoms with Gasteiger partial charge in [0.2, 0.25) is 11.8 Å². The van der Waals surface area contributed by atoms with E-state index in [0.29, 0.717) is 0 Å². The summed E-state index contributed by atoms with van der Waals surface area (Å²) in [5.41, 5.74) is 1.80. The van der Waals surface area contributed by atoms with Crippen molar-refractivity contribution in [2.24, 2.45) is 0 Å². The van der Waals surface area contributed by atoms with Gasteiger partial charge < -0.3 is 10.2 Å². The first-order valence-electron chi connectivity index (χ1n) is 13.2. The summed E-state index contributed by atoms with van der Waals surface area (Å²) in [5, 5.41) is 3.05. The first kappa shape index (κ1) is 29.7. The van der Waals surface area contributed by atoms with Crippen LogP contribution < -0.4 is 9.62 Å². The van der Waals surface area contributed by atoms with E-state index in [-0.39, 0.29) is 29.1 Å². The van der Waals surface area contributed by atoms with Crippen molar-refractivity contribution in [2.75, 3.05) is 10.8 Å². The van der Waals surface area contributed by atoms with Gasteiger partial charge in [0.05, 0.1) is 10.6 Å². The average molecular weight is 631 g/mol. The normalized spacial score (nSPS) is 14.5. The molecule has 40 heavy (non-hydrogen) atoms. The second kappa shape index (κ2) is 13.0. The summed E-state index contributed by atoms with van der Waals surface area (Å²) < 4.78 is 43.1. The van der Waals surface area contributed by atoms with Gasteiger partial charge >= 0.3 is 0 Å². The molecule has 1 fully saturated rings. The molecule has 1 N–H and O–H groups in total. The number of nitrogens with zero attached hydrogens (tertiary/aromatic N) is 2. The minimum absolute atomic E-state index is 0.000731. The van der Waals surface area contributed by atoms with Crippen molar-refractivity contribution in [2.45, 2.75) is 63.1 Å². The van der Waals surface area contributed by atoms with Gasteiger partial charge in [0.25, 0.3) is 10.0 Å². The zero-order valence-corrected chi connectivity index (χ0v) is 24.9. The fourth-order valence-corrected chi connectivity index (χ4v) is 6.64. The molecule has 3 aromatic rings. The number of hydrogen-bond donors (Lipinski definition) is 1. The summed E-state index contributed by atoms with van der Waals surface area (Å²) in [6.45, 7) is 3.02. The summed E-state index contributed by atoms with van der Waals surface area (Å²) in [5.74, 6) is -1.38. The number of halogens is 2. The highest BCUT2D eigenvalue weighted by Gasteiger charge is 2.33. The Kier molecular flexibility index (Phi) is 9.63. The van der Waals surface area contributed by atoms with Crippen LogP contribution in [0.1, 0.15) is 43.7 Å². The van der Waals surface area contributed by atoms with E-state index in [1.54, 1.807) is 19.1 Å². The predicted molar refractivity (Wildman–Crippen MR) is 157 cm³/mol. The number of anilines is 1. The molecule has 4 rings (SSSR count). The summed E-state index contributed by atoms with van der Waals surface area (Å²) in [7, 11) is -4.20. The molecule has 0 bridgehead atoms. The molecule has 1 saturated carbocycles. The minimum Gasteiger partial charge on any atom is -0.352 e. The van der Waals surface area contributed by atoms with E-state index >= 15 is 0 Å². The Labute approximate surface area is 243 Å². The third-order valence-electron chi connectivity index (χ3n) is 7.11. The van der Waals surface area contributed by atoms with Crippen LogP contribution in [0.25, 0.3) is 0 Å². The number of hydrogen-bond acceptors (Lipinski definition) is 4. The Hall–Kier alpha value is -3.24. The number of nitrogens with one attached hydrogen (secondary N) is 1. The van der Waals surface area contributed by atoms with Crippen LogP contribution in [0.3, 0.4) is 0 Å². The number of carbonyl (C=O) groups is 2. The molecule has 1 aliphatic rings. The second-order valence-electron chi connectivity index (χ2n) is 10.1. The number of rotatable bonds is 10. The number of aryl methyl sites for hydroxylation is 1. The average Bonchev–Trinajstić information content (AvgIpc) is 3.44. The summed E-state index contributed by atoms with van der Waals surface area (Å²) in [4.78, 5) is 28.6. The third kappa shape index (κ3) is 7.28. The molecule has 0 heterocycles. The Morgan fingerprint density at radius 2 is 1.68 bits per heavy atom. The zero-order valence-electron chi connectivity index (χ0n) is 22.5. The highest BCUT2D eigenvalue weighted by Crippen LogP contribution is 2.26. The molecule has 1 atom stereocenters. The Balaban J connectivity index is 1.68. The standard InChI is InChI=1S/C30H33BrFN3O4S/c1-21-10-16-28(17-11-21)40(38,39)35(27-14-12-25(32)13-15-27)20-29(36)34(19-23-6-5-7-24(31)18-23)22(2)30(37)33-26-8-3-4-9-26/h5-7,10-18,22,26H,3-4,8-9,19-20H2,1-2H3,(H,33,37)/t22-/m1/s1. The maximum absolute atomic E-state index is 14.0. The molecule has 1 aliphatic carbocycles. The van der Waals surface area contributed by atoms with Crippen molar-refractivity contribution in [3.8, 4) is 0 Å². The third-order valence-corrected chi connectivity index (χ3v) is 9.39. The van der Waals surface area contributed by atoms with Gasteiger partial charge in [0.15, 0.2) is 0 Å². The van der Waals surface area contributed by atoms with E-state index in [9.17, 15) is 22.4 Å². The molecule has 0 saturated heterocycles. The lowest BCUT2D eigenvalue weighted by molar-refractivity contribution is -0.139. The van der Waals surface area contributed by atoms with Crippen LogP contribution >= 0.6 is 15.9 Å². The topological polar surface area (TPSA) is 86.8 Å². The van der Waals surface area contributed by atoms with Crippen LogP contribution in [0, 0.1) is 12.7 Å². The summed E-state index contributed by atoms with van der Waals surface area (Å²) >= 11 is 3.45. The Morgan fingerprint density at radius 1 is 1.02 bits per heavy atom. The molecule has 3 aromatic carbocycles. The minimum atomic E-state index is -4.20. The van der Waals surface area contributed by atoms with Crippen LogP contribution in [-0.2, 0) is 26.2 Å². The maximum atomic E-state index is 14.0. The van der Waals surface area contributed by atoms with E-state index in [2.05, 4.69) is 21.2 Å². The van der Waals surface area contributed by atoms with E-state index < -0.39 is 34.3 Å². The van der Waals surface area contributed by atoms with Gasteiger partial charge in [-0.1, -0.05) is 58.6 Å². The summed E-state index contributed by atoms with van der Waals surface area (Å²) in [6, 6.07) is 17.8. The van der Waals surface area contributed by atoms with Crippen LogP contribution in [0.5, 0.6) is 0 Å². The van der Waals surface area contributed by atoms with E-state index in [1.165, 1.54) is 29.2 Å². The molecule has 7 nitrogen and oxygen atoms in total. The lowest BCUT2D eigenvalue weighted by Crippen LogP contribution is -2.52. The fourth-order valence-electron chi connectivity index (χ4n) is 4.78. The molecule has 10 heteroatoms. The lowest BCUT2D eigenvalue weighted by Gasteiger charge is -2.32. The number of sulfonamides is 1. The first-order valence-corrected chi connectivity index (χ1v) is 15.5. The molecule has 0 aliphatic heterocycles. The van der Waals surface area contributed by atoms with E-state index in [1.807, 2.05) is 31.2 Å². The van der Waals surface area contributed by atoms with Crippen LogP contribution in [-0.4, -0.2) is 43.8 Å². The smallest absolute Gasteiger partial charge is 0.264 e. The molecule has 0 aromatic heterocycles. The van der Waals surface area contributed by atoms with Crippen molar-refractivity contribution in [1.82, 2.24) is 10.2 Å². The van der Waals surface area contributed by atoms with Gasteiger partial charge in [0.1, 0.15) is 18.4 Å². The van der Waals surface area contributed by atoms with Crippen LogP contribution in [0.15, 0.2) is 82.2 Å². The van der Waals surface area contributed by atoms with Gasteiger partial charge in [-0.05, 0) is 80.8 Å². The molecule has 0 unspecified atom stereocenters. The van der Waals surface area contributed by atoms with Gasteiger partial charge in [-0.15, -0.1) is 0 Å². The van der Waals surface area contributed by atoms with Gasteiger partial charge in [-0.3, -0.25) is 13.9 Å². The van der Waals surface area contributed by atoms with E-state index in [4.69, 9.17) is 0 Å². The van der Waals surface area contributed by atoms with Gasteiger partial charge in [0, 0.05) is 17.1 Å². The van der Waals surface area contributed by atoms with Crippen LogP contribution in [0.4, 0.5) is 10.1 Å². The Bertz CT molecular complexity index is 1440. The summed E-state index contributed by atoms with van der Waals surface area (Å²) in [6.07, 6.45) is 3.88. The fraction of sp³-hybridized carbons (Fsp3) is 0.333. The number of amides is 2. The molecule has 2 amide bonds. The molecule has 212 valence electrons. The highest BCUT2D eigenvalue weighted by atomic mass is 79.9. The Morgan fingerprint density at radius 3 is 2.30 bits per heavy atom. The lowest BCUT2D eigenvalue weighted by atomic mass is 10.1. The molecular formula is C30H33BrFN3O4S. The predicted octanol–water partition coefficient (Wildman–Crippen LogP) is 5.57. The second-order valence-corrected chi connectivity index (χ2v) is 12.9. The van der Waals surface area contributed by atoms with Gasteiger partial charge in [-0.2, -0.15) is 0 Å². The number of carbonyl (C=O) groups excluding carboxylic acids is 2. The van der Waals surface area contributed by atoms with Crippen molar-refractivity contribution in [3.63, 3.8) is 0 Å². The monoisotopic (exact) mass is 629 g/mol. The SMILES string of the molecule is Cc1ccc(S(=O)(=O)N(CC(=O)N(Cc2cccc(Br)c2)[C@H](C)C(=O)NC2CCCC2)c2ccc(F)cc2)cc1. The maximum Gasteiger partial charge on any atom is 0.264 e. The van der Waals surface area contributed by atoms with E-state index in [0.717, 1.165) is 57.7 Å². The van der Waals surface area contributed by atoms with Crippen molar-refractivity contribution in [3.05, 3.63) is 94.2 Å². The molecule has 0 radical (unpaired) electrons.